The second-order valence-electron chi connectivity index (χ2n) is 4.99. The van der Waals surface area contributed by atoms with Crippen LogP contribution in [0.15, 0.2) is 60.7 Å². The number of rotatable bonds is 7. The van der Waals surface area contributed by atoms with Gasteiger partial charge in [-0.15, -0.1) is 0 Å². The molecule has 2 aromatic rings. The minimum absolute atomic E-state index is 0.186. The summed E-state index contributed by atoms with van der Waals surface area (Å²) in [5, 5.41) is 11.0. The number of hydrogen-bond donors (Lipinski definition) is 1. The molecular formula is C18H21NO4P+. The fraction of sp³-hybridized carbons (Fsp3) is 0.278. The molecule has 0 aliphatic heterocycles. The summed E-state index contributed by atoms with van der Waals surface area (Å²) in [6.07, 6.45) is 0. The molecule has 0 heterocycles. The van der Waals surface area contributed by atoms with Crippen LogP contribution in [-0.2, 0) is 18.8 Å². The first-order valence-electron chi connectivity index (χ1n) is 7.76. The lowest BCUT2D eigenvalue weighted by Crippen LogP contribution is -2.28. The first-order chi connectivity index (χ1) is 11.6. The van der Waals surface area contributed by atoms with Crippen LogP contribution in [0, 0.1) is 6.07 Å². The number of benzene rings is 2. The molecule has 1 N–H and O–H groups in total. The number of nitrogens with zero attached hydrogens (tertiary/aromatic N) is 1. The van der Waals surface area contributed by atoms with Gasteiger partial charge in [-0.2, -0.15) is 5.21 Å². The zero-order valence-electron chi connectivity index (χ0n) is 13.8. The van der Waals surface area contributed by atoms with Crippen LogP contribution in [-0.4, -0.2) is 18.4 Å². The van der Waals surface area contributed by atoms with Gasteiger partial charge in [0.25, 0.3) is 5.16 Å². The van der Waals surface area contributed by atoms with E-state index in [0.29, 0.717) is 11.1 Å². The Bertz CT molecular complexity index is 703. The van der Waals surface area contributed by atoms with Crippen LogP contribution >= 0.6 is 7.60 Å². The van der Waals surface area contributed by atoms with E-state index in [4.69, 9.17) is 9.05 Å². The summed E-state index contributed by atoms with van der Waals surface area (Å²) in [6.45, 7) is 3.85. The fourth-order valence-corrected chi connectivity index (χ4v) is 4.91. The van der Waals surface area contributed by atoms with E-state index < -0.39 is 12.8 Å². The highest BCUT2D eigenvalue weighted by molar-refractivity contribution is 7.55. The van der Waals surface area contributed by atoms with E-state index in [-0.39, 0.29) is 13.2 Å². The Morgan fingerprint density at radius 2 is 1.38 bits per heavy atom. The third kappa shape index (κ3) is 3.22. The zero-order valence-corrected chi connectivity index (χ0v) is 14.6. The normalized spacial score (nSPS) is 11.6. The highest BCUT2D eigenvalue weighted by atomic mass is 31.2. The maximum atomic E-state index is 13.7. The molecule has 5 nitrogen and oxygen atoms in total. The Morgan fingerprint density at radius 1 is 0.958 bits per heavy atom. The van der Waals surface area contributed by atoms with Gasteiger partial charge in [0.1, 0.15) is 0 Å². The first-order valence-corrected chi connectivity index (χ1v) is 9.30. The minimum Gasteiger partial charge on any atom is -0.307 e. The molecule has 0 aliphatic carbocycles. The molecule has 0 aliphatic rings. The van der Waals surface area contributed by atoms with E-state index in [1.165, 1.54) is 0 Å². The average Bonchev–Trinajstić information content (AvgIpc) is 2.61. The van der Waals surface area contributed by atoms with Gasteiger partial charge in [-0.25, -0.2) is 0 Å². The van der Waals surface area contributed by atoms with Crippen LogP contribution in [0.3, 0.4) is 0 Å². The molecule has 0 spiro atoms. The van der Waals surface area contributed by atoms with Gasteiger partial charge in [0, 0.05) is 0 Å². The summed E-state index contributed by atoms with van der Waals surface area (Å²) in [4.78, 5) is 0. The Hall–Kier alpha value is -2.12. The standard InChI is InChI=1S/C18H20NO4P/c1-3-22-24(21,23-4-2)18(15-19-20,16-11-7-5-8-12-16)17-13-9-6-10-14-17/h5-14H,3-4H2,1-2H3/p+1. The molecule has 126 valence electrons. The van der Waals surface area contributed by atoms with E-state index in [0.717, 1.165) is 0 Å². The molecule has 0 radical (unpaired) electrons. The van der Waals surface area contributed by atoms with E-state index in [1.54, 1.807) is 38.1 Å². The van der Waals surface area contributed by atoms with Gasteiger partial charge in [0.15, 0.2) is 0 Å². The summed E-state index contributed by atoms with van der Waals surface area (Å²) < 4.78 is 24.9. The second kappa shape index (κ2) is 8.12. The van der Waals surface area contributed by atoms with Crippen LogP contribution < -0.4 is 0 Å². The molecule has 6 heteroatoms. The van der Waals surface area contributed by atoms with Gasteiger partial charge in [-0.3, -0.25) is 4.57 Å². The molecule has 0 fully saturated rings. The van der Waals surface area contributed by atoms with E-state index >= 15 is 0 Å². The van der Waals surface area contributed by atoms with Crippen LogP contribution in [0.5, 0.6) is 0 Å². The minimum atomic E-state index is -3.79. The lowest BCUT2D eigenvalue weighted by atomic mass is 9.91. The quantitative estimate of drug-likeness (QED) is 0.571. The Balaban J connectivity index is 2.85. The monoisotopic (exact) mass is 346 g/mol. The van der Waals surface area contributed by atoms with Crippen molar-refractivity contribution in [2.45, 2.75) is 19.0 Å². The summed E-state index contributed by atoms with van der Waals surface area (Å²) in [5.74, 6) is 0. The molecule has 2 aromatic carbocycles. The second-order valence-corrected chi connectivity index (χ2v) is 7.17. The average molecular weight is 346 g/mol. The highest BCUT2D eigenvalue weighted by Gasteiger charge is 2.58. The Kier molecular flexibility index (Phi) is 6.16. The van der Waals surface area contributed by atoms with Crippen molar-refractivity contribution in [1.82, 2.24) is 0 Å². The molecule has 0 bridgehead atoms. The van der Waals surface area contributed by atoms with Crippen molar-refractivity contribution in [3.63, 3.8) is 0 Å². The van der Waals surface area contributed by atoms with E-state index in [9.17, 15) is 9.77 Å². The zero-order chi connectivity index (χ0) is 17.5. The highest BCUT2D eigenvalue weighted by Crippen LogP contribution is 2.67. The third-order valence-electron chi connectivity index (χ3n) is 3.60. The molecule has 0 amide bonds. The van der Waals surface area contributed by atoms with Crippen molar-refractivity contribution in [3.8, 4) is 6.07 Å². The maximum absolute atomic E-state index is 13.7. The van der Waals surface area contributed by atoms with Crippen LogP contribution in [0.4, 0.5) is 0 Å². The summed E-state index contributed by atoms with van der Waals surface area (Å²) in [7, 11) is -3.79. The van der Waals surface area contributed by atoms with Gasteiger partial charge in [-0.1, -0.05) is 60.7 Å². The van der Waals surface area contributed by atoms with Gasteiger partial charge in [0.2, 0.25) is 5.01 Å². The van der Waals surface area contributed by atoms with E-state index in [1.807, 2.05) is 36.4 Å². The van der Waals surface area contributed by atoms with Crippen molar-refractivity contribution >= 4 is 7.60 Å². The molecule has 0 saturated carbocycles. The topological polar surface area (TPSA) is 60.1 Å². The molecular weight excluding hydrogens is 325 g/mol. The summed E-state index contributed by atoms with van der Waals surface area (Å²) in [5.41, 5.74) is 1.22. The predicted molar refractivity (Wildman–Crippen MR) is 93.6 cm³/mol. The fourth-order valence-electron chi connectivity index (χ4n) is 2.68. The molecule has 0 saturated heterocycles. The van der Waals surface area contributed by atoms with Crippen molar-refractivity contribution in [2.75, 3.05) is 13.2 Å². The van der Waals surface area contributed by atoms with Crippen LogP contribution in [0.2, 0.25) is 0 Å². The third-order valence-corrected chi connectivity index (χ3v) is 6.24. The molecule has 0 atom stereocenters. The van der Waals surface area contributed by atoms with Crippen LogP contribution in [0.25, 0.3) is 5.01 Å². The van der Waals surface area contributed by atoms with E-state index in [2.05, 4.69) is 11.1 Å². The molecule has 24 heavy (non-hydrogen) atoms. The largest absolute Gasteiger partial charge is 0.379 e. The maximum Gasteiger partial charge on any atom is 0.379 e. The van der Waals surface area contributed by atoms with Crippen LogP contribution in [0.1, 0.15) is 25.0 Å². The molecule has 0 unspecified atom stereocenters. The Labute approximate surface area is 142 Å². The predicted octanol–water partition coefficient (Wildman–Crippen LogP) is 4.92. The SMILES string of the molecule is CCOP(=O)(OCC)C(C#[N+]O)(c1ccccc1)c1ccccc1. The number of hydrogen-bond acceptors (Lipinski definition) is 4. The van der Waals surface area contributed by atoms with Crippen molar-refractivity contribution in [3.05, 3.63) is 76.8 Å². The molecule has 2 rings (SSSR count). The van der Waals surface area contributed by atoms with Gasteiger partial charge >= 0.3 is 13.7 Å². The molecule has 0 aromatic heterocycles. The van der Waals surface area contributed by atoms with Crippen molar-refractivity contribution in [2.24, 2.45) is 0 Å². The van der Waals surface area contributed by atoms with Gasteiger partial charge < -0.3 is 9.05 Å². The lowest BCUT2D eigenvalue weighted by molar-refractivity contribution is 0.208. The van der Waals surface area contributed by atoms with Gasteiger partial charge in [-0.05, 0) is 25.0 Å². The first kappa shape index (κ1) is 18.2. The summed E-state index contributed by atoms with van der Waals surface area (Å²) >= 11 is 0. The smallest absolute Gasteiger partial charge is 0.307 e. The Morgan fingerprint density at radius 3 is 1.71 bits per heavy atom. The lowest BCUT2D eigenvalue weighted by Gasteiger charge is -2.31. The van der Waals surface area contributed by atoms with Crippen molar-refractivity contribution < 1.29 is 18.8 Å². The van der Waals surface area contributed by atoms with Gasteiger partial charge in [0.05, 0.1) is 13.2 Å². The summed E-state index contributed by atoms with van der Waals surface area (Å²) in [6, 6.07) is 20.7. The van der Waals surface area contributed by atoms with Crippen molar-refractivity contribution in [1.29, 1.82) is 0 Å².